The first-order valence-electron chi connectivity index (χ1n) is 10.1. The number of piperidine rings is 1. The number of amides is 2. The molecular formula is C21H29N3O4. The SMILES string of the molecule is CCOC(=O)C1CCN(C(=O)C(C)Nc2cccc(N3CCCC3=O)c2)CC1. The molecule has 0 aliphatic carbocycles. The summed E-state index contributed by atoms with van der Waals surface area (Å²) in [6.07, 6.45) is 2.76. The number of hydrogen-bond donors (Lipinski definition) is 1. The predicted molar refractivity (Wildman–Crippen MR) is 107 cm³/mol. The number of nitrogens with zero attached hydrogens (tertiary/aromatic N) is 2. The lowest BCUT2D eigenvalue weighted by Crippen LogP contribution is -2.46. The Bertz CT molecular complexity index is 728. The highest BCUT2D eigenvalue weighted by atomic mass is 16.5. The van der Waals surface area contributed by atoms with E-state index in [2.05, 4.69) is 5.32 Å². The number of hydrogen-bond acceptors (Lipinski definition) is 5. The molecule has 1 aromatic carbocycles. The van der Waals surface area contributed by atoms with Gasteiger partial charge in [0.05, 0.1) is 12.5 Å². The van der Waals surface area contributed by atoms with Gasteiger partial charge < -0.3 is 19.9 Å². The second kappa shape index (κ2) is 9.08. The summed E-state index contributed by atoms with van der Waals surface area (Å²) >= 11 is 0. The number of carbonyl (C=O) groups excluding carboxylic acids is 3. The number of carbonyl (C=O) groups is 3. The Morgan fingerprint density at radius 1 is 1.25 bits per heavy atom. The Morgan fingerprint density at radius 2 is 2.00 bits per heavy atom. The van der Waals surface area contributed by atoms with Crippen molar-refractivity contribution in [2.24, 2.45) is 5.92 Å². The summed E-state index contributed by atoms with van der Waals surface area (Å²) in [7, 11) is 0. The van der Waals surface area contributed by atoms with Gasteiger partial charge in [-0.1, -0.05) is 6.07 Å². The third-order valence-corrected chi connectivity index (χ3v) is 5.41. The highest BCUT2D eigenvalue weighted by Gasteiger charge is 2.30. The van der Waals surface area contributed by atoms with Gasteiger partial charge in [0.15, 0.2) is 0 Å². The third-order valence-electron chi connectivity index (χ3n) is 5.41. The van der Waals surface area contributed by atoms with E-state index in [4.69, 9.17) is 4.74 Å². The van der Waals surface area contributed by atoms with Crippen molar-refractivity contribution in [3.05, 3.63) is 24.3 Å². The van der Waals surface area contributed by atoms with E-state index in [0.717, 1.165) is 24.3 Å². The number of ether oxygens (including phenoxy) is 1. The fourth-order valence-electron chi connectivity index (χ4n) is 3.87. The van der Waals surface area contributed by atoms with Crippen LogP contribution in [0.3, 0.4) is 0 Å². The zero-order valence-corrected chi connectivity index (χ0v) is 16.6. The first-order chi connectivity index (χ1) is 13.5. The Kier molecular flexibility index (Phi) is 6.54. The molecule has 7 heteroatoms. The van der Waals surface area contributed by atoms with Gasteiger partial charge in [0, 0.05) is 37.4 Å². The lowest BCUT2D eigenvalue weighted by atomic mass is 9.96. The van der Waals surface area contributed by atoms with Gasteiger partial charge in [-0.2, -0.15) is 0 Å². The standard InChI is InChI=1S/C21H29N3O4/c1-3-28-21(27)16-9-12-23(13-10-16)20(26)15(2)22-17-6-4-7-18(14-17)24-11-5-8-19(24)25/h4,6-7,14-16,22H,3,5,8-13H2,1-2H3. The van der Waals surface area contributed by atoms with Crippen molar-refractivity contribution >= 4 is 29.2 Å². The topological polar surface area (TPSA) is 79.0 Å². The maximum Gasteiger partial charge on any atom is 0.309 e. The first-order valence-corrected chi connectivity index (χ1v) is 10.1. The minimum absolute atomic E-state index is 0.0185. The number of nitrogens with one attached hydrogen (secondary N) is 1. The Morgan fingerprint density at radius 3 is 2.64 bits per heavy atom. The number of rotatable bonds is 6. The van der Waals surface area contributed by atoms with E-state index < -0.39 is 0 Å². The van der Waals surface area contributed by atoms with Gasteiger partial charge in [0.25, 0.3) is 0 Å². The minimum Gasteiger partial charge on any atom is -0.466 e. The quantitative estimate of drug-likeness (QED) is 0.759. The largest absolute Gasteiger partial charge is 0.466 e. The third kappa shape index (κ3) is 4.64. The van der Waals surface area contributed by atoms with Gasteiger partial charge in [-0.05, 0) is 51.3 Å². The van der Waals surface area contributed by atoms with E-state index in [1.165, 1.54) is 0 Å². The zero-order chi connectivity index (χ0) is 20.1. The molecule has 1 unspecified atom stereocenters. The van der Waals surface area contributed by atoms with Gasteiger partial charge in [-0.25, -0.2) is 0 Å². The fraction of sp³-hybridized carbons (Fsp3) is 0.571. The summed E-state index contributed by atoms with van der Waals surface area (Å²) in [5, 5.41) is 3.25. The van der Waals surface area contributed by atoms with Crippen LogP contribution in [-0.2, 0) is 19.1 Å². The summed E-state index contributed by atoms with van der Waals surface area (Å²) in [5.41, 5.74) is 1.68. The lowest BCUT2D eigenvalue weighted by Gasteiger charge is -2.33. The van der Waals surface area contributed by atoms with Crippen molar-refractivity contribution < 1.29 is 19.1 Å². The predicted octanol–water partition coefficient (Wildman–Crippen LogP) is 2.42. The highest BCUT2D eigenvalue weighted by Crippen LogP contribution is 2.25. The van der Waals surface area contributed by atoms with E-state index in [1.54, 1.807) is 16.7 Å². The number of benzene rings is 1. The average Bonchev–Trinajstić information content (AvgIpc) is 3.14. The van der Waals surface area contributed by atoms with Crippen molar-refractivity contribution in [3.8, 4) is 0 Å². The van der Waals surface area contributed by atoms with Crippen LogP contribution in [0.25, 0.3) is 0 Å². The van der Waals surface area contributed by atoms with E-state index in [0.29, 0.717) is 39.0 Å². The molecule has 0 bridgehead atoms. The summed E-state index contributed by atoms with van der Waals surface area (Å²) < 4.78 is 5.08. The summed E-state index contributed by atoms with van der Waals surface area (Å²) in [4.78, 5) is 40.2. The maximum absolute atomic E-state index is 12.8. The van der Waals surface area contributed by atoms with Crippen molar-refractivity contribution in [1.29, 1.82) is 0 Å². The van der Waals surface area contributed by atoms with Gasteiger partial charge >= 0.3 is 5.97 Å². The van der Waals surface area contributed by atoms with Crippen molar-refractivity contribution in [3.63, 3.8) is 0 Å². The van der Waals surface area contributed by atoms with Crippen LogP contribution in [0.2, 0.25) is 0 Å². The molecule has 2 aliphatic rings. The van der Waals surface area contributed by atoms with Gasteiger partial charge in [-0.15, -0.1) is 0 Å². The molecule has 0 radical (unpaired) electrons. The minimum atomic E-state index is -0.385. The van der Waals surface area contributed by atoms with Crippen molar-refractivity contribution in [2.75, 3.05) is 36.5 Å². The van der Waals surface area contributed by atoms with E-state index in [9.17, 15) is 14.4 Å². The molecular weight excluding hydrogens is 358 g/mol. The maximum atomic E-state index is 12.8. The van der Waals surface area contributed by atoms with Crippen molar-refractivity contribution in [1.82, 2.24) is 4.90 Å². The molecule has 0 spiro atoms. The van der Waals surface area contributed by atoms with Gasteiger partial charge in [0.2, 0.25) is 11.8 Å². The fourth-order valence-corrected chi connectivity index (χ4v) is 3.87. The summed E-state index contributed by atoms with van der Waals surface area (Å²) in [6.45, 7) is 5.91. The number of esters is 1. The molecule has 1 atom stereocenters. The van der Waals surface area contributed by atoms with Gasteiger partial charge in [-0.3, -0.25) is 14.4 Å². The van der Waals surface area contributed by atoms with Crippen LogP contribution in [0.1, 0.15) is 39.5 Å². The lowest BCUT2D eigenvalue weighted by molar-refractivity contribution is -0.151. The molecule has 2 amide bonds. The van der Waals surface area contributed by atoms with Gasteiger partial charge in [0.1, 0.15) is 6.04 Å². The summed E-state index contributed by atoms with van der Waals surface area (Å²) in [5.74, 6) is -0.105. The zero-order valence-electron chi connectivity index (χ0n) is 16.6. The molecule has 2 heterocycles. The number of anilines is 2. The van der Waals surface area contributed by atoms with Crippen LogP contribution in [0.4, 0.5) is 11.4 Å². The van der Waals surface area contributed by atoms with Crippen LogP contribution < -0.4 is 10.2 Å². The van der Waals surface area contributed by atoms with Crippen LogP contribution in [0.15, 0.2) is 24.3 Å². The van der Waals surface area contributed by atoms with Crippen LogP contribution in [0.5, 0.6) is 0 Å². The molecule has 2 saturated heterocycles. The van der Waals surface area contributed by atoms with Crippen LogP contribution >= 0.6 is 0 Å². The Hall–Kier alpha value is -2.57. The highest BCUT2D eigenvalue weighted by molar-refractivity contribution is 5.95. The summed E-state index contributed by atoms with van der Waals surface area (Å²) in [6, 6.07) is 7.25. The Labute approximate surface area is 166 Å². The van der Waals surface area contributed by atoms with E-state index >= 15 is 0 Å². The normalized spacial score (nSPS) is 18.9. The monoisotopic (exact) mass is 387 g/mol. The smallest absolute Gasteiger partial charge is 0.309 e. The van der Waals surface area contributed by atoms with E-state index in [-0.39, 0.29) is 29.7 Å². The van der Waals surface area contributed by atoms with Crippen molar-refractivity contribution in [2.45, 2.75) is 45.6 Å². The average molecular weight is 387 g/mol. The molecule has 2 aliphatic heterocycles. The van der Waals surface area contributed by atoms with E-state index in [1.807, 2.05) is 31.2 Å². The number of likely N-dealkylation sites (tertiary alicyclic amines) is 1. The molecule has 0 saturated carbocycles. The molecule has 28 heavy (non-hydrogen) atoms. The second-order valence-electron chi connectivity index (χ2n) is 7.42. The second-order valence-corrected chi connectivity index (χ2v) is 7.42. The first kappa shape index (κ1) is 20.2. The molecule has 1 aromatic rings. The Balaban J connectivity index is 1.55. The van der Waals surface area contributed by atoms with Crippen LogP contribution in [0, 0.1) is 5.92 Å². The molecule has 2 fully saturated rings. The molecule has 0 aromatic heterocycles. The van der Waals surface area contributed by atoms with Crippen LogP contribution in [-0.4, -0.2) is 55.0 Å². The molecule has 152 valence electrons. The molecule has 1 N–H and O–H groups in total. The molecule has 3 rings (SSSR count). The molecule has 7 nitrogen and oxygen atoms in total.